The minimum Gasteiger partial charge on any atom is -0.323 e. The van der Waals surface area contributed by atoms with Crippen molar-refractivity contribution in [3.63, 3.8) is 0 Å². The third kappa shape index (κ3) is 2.99. The summed E-state index contributed by atoms with van der Waals surface area (Å²) < 4.78 is 0.797. The van der Waals surface area contributed by atoms with E-state index >= 15 is 0 Å². The molecule has 28 heavy (non-hydrogen) atoms. The lowest BCUT2D eigenvalue weighted by Crippen LogP contribution is -2.63. The normalized spacial score (nSPS) is 20.8. The van der Waals surface area contributed by atoms with Gasteiger partial charge in [-0.15, -0.1) is 0 Å². The van der Waals surface area contributed by atoms with E-state index in [0.29, 0.717) is 34.8 Å². The van der Waals surface area contributed by atoms with Crippen molar-refractivity contribution in [2.75, 3.05) is 16.8 Å². The molecule has 4 rings (SSSR count). The van der Waals surface area contributed by atoms with Crippen LogP contribution in [0, 0.1) is 0 Å². The van der Waals surface area contributed by atoms with E-state index in [4.69, 9.17) is 11.6 Å². The highest BCUT2D eigenvalue weighted by Gasteiger charge is 2.53. The number of carbonyl (C=O) groups excluding carboxylic acids is 3. The third-order valence-electron chi connectivity index (χ3n) is 5.25. The van der Waals surface area contributed by atoms with Gasteiger partial charge in [-0.1, -0.05) is 39.7 Å². The second-order valence-electron chi connectivity index (χ2n) is 7.03. The molecule has 1 unspecified atom stereocenters. The number of benzene rings is 2. The summed E-state index contributed by atoms with van der Waals surface area (Å²) in [5.41, 5.74) is 0.614. The van der Waals surface area contributed by atoms with Crippen LogP contribution in [0.5, 0.6) is 0 Å². The second-order valence-corrected chi connectivity index (χ2v) is 8.35. The molecule has 3 amide bonds. The Morgan fingerprint density at radius 1 is 1.25 bits per heavy atom. The van der Waals surface area contributed by atoms with Crippen molar-refractivity contribution < 1.29 is 14.4 Å². The highest BCUT2D eigenvalue weighted by Crippen LogP contribution is 2.43. The van der Waals surface area contributed by atoms with Gasteiger partial charge in [-0.05, 0) is 43.7 Å². The Hall–Kier alpha value is -2.38. The van der Waals surface area contributed by atoms with Gasteiger partial charge in [0.15, 0.2) is 0 Å². The van der Waals surface area contributed by atoms with Crippen molar-refractivity contribution >= 4 is 56.6 Å². The SMILES string of the molecule is CC12CCC(=O)N1c1ccccc1C(=O)N2CC(=O)Nc1ccc(Br)cc1Cl. The summed E-state index contributed by atoms with van der Waals surface area (Å²) in [7, 11) is 0. The number of amides is 3. The Kier molecular flexibility index (Phi) is 4.67. The summed E-state index contributed by atoms with van der Waals surface area (Å²) >= 11 is 9.49. The molecule has 2 aromatic carbocycles. The van der Waals surface area contributed by atoms with Gasteiger partial charge < -0.3 is 10.2 Å². The molecule has 1 N–H and O–H groups in total. The summed E-state index contributed by atoms with van der Waals surface area (Å²) in [6.45, 7) is 1.64. The highest BCUT2D eigenvalue weighted by molar-refractivity contribution is 9.10. The largest absolute Gasteiger partial charge is 0.323 e. The van der Waals surface area contributed by atoms with Crippen LogP contribution >= 0.6 is 27.5 Å². The summed E-state index contributed by atoms with van der Waals surface area (Å²) in [4.78, 5) is 41.5. The third-order valence-corrected chi connectivity index (χ3v) is 6.06. The minimum absolute atomic E-state index is 0.0520. The number of carbonyl (C=O) groups is 3. The fourth-order valence-corrected chi connectivity index (χ4v) is 4.59. The van der Waals surface area contributed by atoms with Crippen LogP contribution in [0.25, 0.3) is 0 Å². The van der Waals surface area contributed by atoms with Crippen molar-refractivity contribution in [2.24, 2.45) is 0 Å². The van der Waals surface area contributed by atoms with E-state index in [1.165, 1.54) is 4.90 Å². The summed E-state index contributed by atoms with van der Waals surface area (Å²) in [5, 5.41) is 3.14. The van der Waals surface area contributed by atoms with Gasteiger partial charge in [-0.3, -0.25) is 19.3 Å². The van der Waals surface area contributed by atoms with Crippen LogP contribution in [0.3, 0.4) is 0 Å². The molecule has 0 aromatic heterocycles. The molecule has 144 valence electrons. The van der Waals surface area contributed by atoms with Crippen molar-refractivity contribution in [1.29, 1.82) is 0 Å². The van der Waals surface area contributed by atoms with Gasteiger partial charge in [-0.2, -0.15) is 0 Å². The van der Waals surface area contributed by atoms with E-state index in [1.54, 1.807) is 47.4 Å². The van der Waals surface area contributed by atoms with Crippen LogP contribution in [-0.2, 0) is 9.59 Å². The summed E-state index contributed by atoms with van der Waals surface area (Å²) in [5.74, 6) is -0.692. The molecule has 2 aliphatic heterocycles. The number of rotatable bonds is 3. The molecule has 2 aromatic rings. The first-order valence-corrected chi connectivity index (χ1v) is 9.97. The predicted octanol–water partition coefficient (Wildman–Crippen LogP) is 4.04. The smallest absolute Gasteiger partial charge is 0.258 e. The van der Waals surface area contributed by atoms with Gasteiger partial charge >= 0.3 is 0 Å². The first-order valence-electron chi connectivity index (χ1n) is 8.80. The van der Waals surface area contributed by atoms with Gasteiger partial charge in [0.25, 0.3) is 5.91 Å². The molecule has 6 nitrogen and oxygen atoms in total. The van der Waals surface area contributed by atoms with Gasteiger partial charge in [0.05, 0.1) is 22.0 Å². The van der Waals surface area contributed by atoms with Crippen LogP contribution in [0.2, 0.25) is 5.02 Å². The molecule has 0 radical (unpaired) electrons. The number of nitrogens with one attached hydrogen (secondary N) is 1. The minimum atomic E-state index is -0.872. The van der Waals surface area contributed by atoms with Crippen molar-refractivity contribution in [2.45, 2.75) is 25.4 Å². The molecule has 0 saturated carbocycles. The van der Waals surface area contributed by atoms with E-state index < -0.39 is 5.66 Å². The number of hydrogen-bond donors (Lipinski definition) is 1. The van der Waals surface area contributed by atoms with Crippen LogP contribution in [-0.4, -0.2) is 34.8 Å². The molecule has 0 aliphatic carbocycles. The van der Waals surface area contributed by atoms with Crippen molar-refractivity contribution in [3.8, 4) is 0 Å². The van der Waals surface area contributed by atoms with Gasteiger partial charge in [-0.25, -0.2) is 0 Å². The van der Waals surface area contributed by atoms with Crippen LogP contribution < -0.4 is 10.2 Å². The molecule has 1 saturated heterocycles. The van der Waals surface area contributed by atoms with E-state index in [9.17, 15) is 14.4 Å². The maximum Gasteiger partial charge on any atom is 0.258 e. The van der Waals surface area contributed by atoms with Gasteiger partial charge in [0.2, 0.25) is 11.8 Å². The maximum absolute atomic E-state index is 13.1. The summed E-state index contributed by atoms with van der Waals surface area (Å²) in [6.07, 6.45) is 0.799. The average molecular weight is 463 g/mol. The predicted molar refractivity (Wildman–Crippen MR) is 110 cm³/mol. The van der Waals surface area contributed by atoms with E-state index in [2.05, 4.69) is 21.2 Å². The fourth-order valence-electron chi connectivity index (χ4n) is 3.87. The lowest BCUT2D eigenvalue weighted by Gasteiger charge is -2.48. The fraction of sp³-hybridized carbons (Fsp3) is 0.250. The molecule has 1 fully saturated rings. The Morgan fingerprint density at radius 2 is 2.00 bits per heavy atom. The molecule has 0 bridgehead atoms. The number of hydrogen-bond acceptors (Lipinski definition) is 3. The number of anilines is 2. The molecule has 2 heterocycles. The monoisotopic (exact) mass is 461 g/mol. The van der Waals surface area contributed by atoms with Crippen molar-refractivity contribution in [1.82, 2.24) is 4.90 Å². The van der Waals surface area contributed by atoms with E-state index in [0.717, 1.165) is 4.47 Å². The van der Waals surface area contributed by atoms with E-state index in [-0.39, 0.29) is 24.3 Å². The topological polar surface area (TPSA) is 69.7 Å². The van der Waals surface area contributed by atoms with Crippen LogP contribution in [0.4, 0.5) is 11.4 Å². The number of nitrogens with zero attached hydrogens (tertiary/aromatic N) is 2. The molecule has 8 heteroatoms. The molecule has 2 aliphatic rings. The number of para-hydroxylation sites is 1. The van der Waals surface area contributed by atoms with Gasteiger partial charge in [0.1, 0.15) is 12.2 Å². The highest BCUT2D eigenvalue weighted by atomic mass is 79.9. The first kappa shape index (κ1) is 19.0. The Morgan fingerprint density at radius 3 is 2.75 bits per heavy atom. The summed E-state index contributed by atoms with van der Waals surface area (Å²) in [6, 6.07) is 12.1. The first-order chi connectivity index (χ1) is 13.3. The average Bonchev–Trinajstić information content (AvgIpc) is 2.97. The Bertz CT molecular complexity index is 1010. The molecular formula is C20H17BrClN3O3. The van der Waals surface area contributed by atoms with Crippen LogP contribution in [0.1, 0.15) is 30.1 Å². The zero-order valence-electron chi connectivity index (χ0n) is 15.0. The second kappa shape index (κ2) is 6.90. The zero-order valence-corrected chi connectivity index (χ0v) is 17.4. The maximum atomic E-state index is 13.1. The Balaban J connectivity index is 1.64. The number of fused-ring (bicyclic) bond motifs is 3. The zero-order chi connectivity index (χ0) is 20.1. The van der Waals surface area contributed by atoms with Gasteiger partial charge in [0, 0.05) is 10.9 Å². The lowest BCUT2D eigenvalue weighted by molar-refractivity contribution is -0.120. The standard InChI is InChI=1S/C20H17BrClN3O3/c1-20-9-8-18(27)25(20)16-5-3-2-4-13(16)19(28)24(20)11-17(26)23-15-7-6-12(21)10-14(15)22/h2-7,10H,8-9,11H2,1H3,(H,23,26). The van der Waals surface area contributed by atoms with E-state index in [1.807, 2.05) is 6.92 Å². The number of halogens is 2. The van der Waals surface area contributed by atoms with Crippen LogP contribution in [0.15, 0.2) is 46.9 Å². The van der Waals surface area contributed by atoms with Crippen molar-refractivity contribution in [3.05, 3.63) is 57.5 Å². The molecular weight excluding hydrogens is 446 g/mol. The lowest BCUT2D eigenvalue weighted by atomic mass is 9.98. The quantitative estimate of drug-likeness (QED) is 0.748. The molecule has 1 atom stereocenters. The molecule has 0 spiro atoms. The Labute approximate surface area is 175 Å².